The number of carbonyl (C=O) groups is 1. The molecule has 0 atom stereocenters. The molecule has 0 bridgehead atoms. The summed E-state index contributed by atoms with van der Waals surface area (Å²) in [4.78, 5) is 14.1. The molecule has 0 N–H and O–H groups in total. The number of nitrogens with zero attached hydrogens (tertiary/aromatic N) is 1. The van der Waals surface area contributed by atoms with Gasteiger partial charge in [0, 0.05) is 0 Å². The molecule has 0 aliphatic heterocycles. The SMILES string of the molecule is CC(C)=NOCC=O. The zero-order valence-electron chi connectivity index (χ0n) is 5.05. The summed E-state index contributed by atoms with van der Waals surface area (Å²) in [6.45, 7) is 3.64. The second-order valence-electron chi connectivity index (χ2n) is 1.50. The lowest BCUT2D eigenvalue weighted by Gasteiger charge is -1.89. The zero-order chi connectivity index (χ0) is 6.41. The first-order valence-corrected chi connectivity index (χ1v) is 2.34. The van der Waals surface area contributed by atoms with Crippen LogP contribution in [-0.4, -0.2) is 18.6 Å². The molecule has 0 saturated carbocycles. The summed E-state index contributed by atoms with van der Waals surface area (Å²) in [5, 5.41) is 3.50. The highest BCUT2D eigenvalue weighted by Crippen LogP contribution is 1.75. The van der Waals surface area contributed by atoms with E-state index in [2.05, 4.69) is 9.99 Å². The Kier molecular flexibility index (Phi) is 3.84. The number of aldehydes is 1. The molecule has 0 aliphatic rings. The Morgan fingerprint density at radius 3 is 2.75 bits per heavy atom. The Bertz CT molecular complexity index is 94.6. The quantitative estimate of drug-likeness (QED) is 0.234. The minimum atomic E-state index is 0.0468. The third-order valence-corrected chi connectivity index (χ3v) is 0.390. The van der Waals surface area contributed by atoms with Gasteiger partial charge in [0.2, 0.25) is 0 Å². The summed E-state index contributed by atoms with van der Waals surface area (Å²) in [6, 6.07) is 0. The molecule has 0 unspecified atom stereocenters. The Balaban J connectivity index is 3.15. The Morgan fingerprint density at radius 2 is 2.38 bits per heavy atom. The molecule has 0 saturated heterocycles. The van der Waals surface area contributed by atoms with E-state index in [1.807, 2.05) is 0 Å². The van der Waals surface area contributed by atoms with E-state index in [4.69, 9.17) is 0 Å². The van der Waals surface area contributed by atoms with Crippen LogP contribution >= 0.6 is 0 Å². The van der Waals surface area contributed by atoms with Crippen molar-refractivity contribution >= 4 is 12.0 Å². The van der Waals surface area contributed by atoms with Crippen LogP contribution in [0.25, 0.3) is 0 Å². The lowest BCUT2D eigenvalue weighted by molar-refractivity contribution is -0.111. The lowest BCUT2D eigenvalue weighted by Crippen LogP contribution is -1.90. The van der Waals surface area contributed by atoms with Gasteiger partial charge in [0.15, 0.2) is 12.9 Å². The van der Waals surface area contributed by atoms with Crippen LogP contribution in [0.3, 0.4) is 0 Å². The Labute approximate surface area is 48.3 Å². The molecular weight excluding hydrogens is 106 g/mol. The van der Waals surface area contributed by atoms with E-state index in [1.54, 1.807) is 13.8 Å². The van der Waals surface area contributed by atoms with Gasteiger partial charge in [-0.2, -0.15) is 0 Å². The number of oxime groups is 1. The van der Waals surface area contributed by atoms with Crippen LogP contribution in [0.4, 0.5) is 0 Å². The van der Waals surface area contributed by atoms with E-state index in [-0.39, 0.29) is 6.61 Å². The molecule has 3 nitrogen and oxygen atoms in total. The highest BCUT2D eigenvalue weighted by Gasteiger charge is 1.77. The van der Waals surface area contributed by atoms with Gasteiger partial charge >= 0.3 is 0 Å². The summed E-state index contributed by atoms with van der Waals surface area (Å²) < 4.78 is 0. The van der Waals surface area contributed by atoms with Crippen molar-refractivity contribution in [3.63, 3.8) is 0 Å². The summed E-state index contributed by atoms with van der Waals surface area (Å²) >= 11 is 0. The topological polar surface area (TPSA) is 38.7 Å². The standard InChI is InChI=1S/C5H9NO2/c1-5(2)6-8-4-3-7/h3H,4H2,1-2H3. The first kappa shape index (κ1) is 7.14. The Hall–Kier alpha value is -0.860. The number of carbonyl (C=O) groups excluding carboxylic acids is 1. The third kappa shape index (κ3) is 5.14. The van der Waals surface area contributed by atoms with Crippen molar-refractivity contribution < 1.29 is 9.63 Å². The van der Waals surface area contributed by atoms with Gasteiger partial charge in [-0.1, -0.05) is 5.16 Å². The van der Waals surface area contributed by atoms with Crippen LogP contribution in [-0.2, 0) is 9.63 Å². The van der Waals surface area contributed by atoms with Gasteiger partial charge in [-0.25, -0.2) is 0 Å². The molecule has 0 spiro atoms. The van der Waals surface area contributed by atoms with Crippen molar-refractivity contribution in [1.29, 1.82) is 0 Å². The maximum atomic E-state index is 9.59. The maximum Gasteiger partial charge on any atom is 0.172 e. The zero-order valence-corrected chi connectivity index (χ0v) is 5.05. The molecule has 0 amide bonds. The van der Waals surface area contributed by atoms with E-state index in [1.165, 1.54) is 0 Å². The van der Waals surface area contributed by atoms with Gasteiger partial charge in [-0.05, 0) is 13.8 Å². The first-order chi connectivity index (χ1) is 3.77. The highest BCUT2D eigenvalue weighted by molar-refractivity contribution is 5.78. The molecule has 8 heavy (non-hydrogen) atoms. The van der Waals surface area contributed by atoms with E-state index < -0.39 is 0 Å². The molecule has 0 rings (SSSR count). The average molecular weight is 115 g/mol. The van der Waals surface area contributed by atoms with E-state index in [0.29, 0.717) is 6.29 Å². The number of hydrogen-bond donors (Lipinski definition) is 0. The maximum absolute atomic E-state index is 9.59. The fourth-order valence-electron chi connectivity index (χ4n) is 0.197. The van der Waals surface area contributed by atoms with Gasteiger partial charge < -0.3 is 4.84 Å². The molecule has 0 aromatic carbocycles. The van der Waals surface area contributed by atoms with Crippen LogP contribution in [0.15, 0.2) is 5.16 Å². The predicted molar refractivity (Wildman–Crippen MR) is 30.8 cm³/mol. The third-order valence-electron chi connectivity index (χ3n) is 0.390. The van der Waals surface area contributed by atoms with Gasteiger partial charge in [0.1, 0.15) is 0 Å². The van der Waals surface area contributed by atoms with Crippen LogP contribution in [0, 0.1) is 0 Å². The summed E-state index contributed by atoms with van der Waals surface area (Å²) in [5.74, 6) is 0. The lowest BCUT2D eigenvalue weighted by atomic mass is 10.5. The summed E-state index contributed by atoms with van der Waals surface area (Å²) in [5.41, 5.74) is 0.812. The average Bonchev–Trinajstić information content (AvgIpc) is 1.66. The molecule has 0 heterocycles. The van der Waals surface area contributed by atoms with Gasteiger partial charge in [-0.15, -0.1) is 0 Å². The van der Waals surface area contributed by atoms with Crippen LogP contribution < -0.4 is 0 Å². The fourth-order valence-corrected chi connectivity index (χ4v) is 0.197. The molecule has 0 aliphatic carbocycles. The van der Waals surface area contributed by atoms with Crippen molar-refractivity contribution in [3.8, 4) is 0 Å². The minimum absolute atomic E-state index is 0.0468. The van der Waals surface area contributed by atoms with Gasteiger partial charge in [0.25, 0.3) is 0 Å². The Morgan fingerprint density at radius 1 is 1.75 bits per heavy atom. The van der Waals surface area contributed by atoms with Crippen molar-refractivity contribution in [2.24, 2.45) is 5.16 Å². The number of hydrogen-bond acceptors (Lipinski definition) is 3. The van der Waals surface area contributed by atoms with Crippen LogP contribution in [0.5, 0.6) is 0 Å². The fraction of sp³-hybridized carbons (Fsp3) is 0.600. The van der Waals surface area contributed by atoms with Crippen molar-refractivity contribution in [3.05, 3.63) is 0 Å². The molecule has 0 fully saturated rings. The number of rotatable bonds is 3. The molecule has 46 valence electrons. The molecule has 3 heteroatoms. The minimum Gasteiger partial charge on any atom is -0.388 e. The second-order valence-corrected chi connectivity index (χ2v) is 1.50. The van der Waals surface area contributed by atoms with Crippen LogP contribution in [0.1, 0.15) is 13.8 Å². The molecular formula is C5H9NO2. The molecule has 0 aromatic heterocycles. The van der Waals surface area contributed by atoms with E-state index >= 15 is 0 Å². The monoisotopic (exact) mass is 115 g/mol. The largest absolute Gasteiger partial charge is 0.388 e. The normalized spacial score (nSPS) is 7.75. The van der Waals surface area contributed by atoms with Gasteiger partial charge in [-0.3, -0.25) is 4.79 Å². The summed E-state index contributed by atoms with van der Waals surface area (Å²) in [7, 11) is 0. The predicted octanol–water partition coefficient (Wildman–Crippen LogP) is 0.598. The first-order valence-electron chi connectivity index (χ1n) is 2.34. The van der Waals surface area contributed by atoms with Crippen molar-refractivity contribution in [2.75, 3.05) is 6.61 Å². The van der Waals surface area contributed by atoms with E-state index in [9.17, 15) is 4.79 Å². The van der Waals surface area contributed by atoms with E-state index in [0.717, 1.165) is 5.71 Å². The second kappa shape index (κ2) is 4.30. The smallest absolute Gasteiger partial charge is 0.172 e. The van der Waals surface area contributed by atoms with Gasteiger partial charge in [0.05, 0.1) is 5.71 Å². The molecule has 0 radical (unpaired) electrons. The molecule has 0 aromatic rings. The van der Waals surface area contributed by atoms with Crippen molar-refractivity contribution in [1.82, 2.24) is 0 Å². The summed E-state index contributed by atoms with van der Waals surface area (Å²) in [6.07, 6.45) is 0.659. The van der Waals surface area contributed by atoms with Crippen LogP contribution in [0.2, 0.25) is 0 Å². The highest BCUT2D eigenvalue weighted by atomic mass is 16.6. The van der Waals surface area contributed by atoms with Crippen molar-refractivity contribution in [2.45, 2.75) is 13.8 Å².